The monoisotopic (exact) mass is 263 g/mol. The quantitative estimate of drug-likeness (QED) is 0.894. The second kappa shape index (κ2) is 5.98. The van der Waals surface area contributed by atoms with Gasteiger partial charge in [-0.15, -0.1) is 0 Å². The Balaban J connectivity index is 2.13. The second-order valence-corrected chi connectivity index (χ2v) is 6.59. The Morgan fingerprint density at radius 2 is 2.16 bits per heavy atom. The minimum atomic E-state index is 0.609. The van der Waals surface area contributed by atoms with Gasteiger partial charge < -0.3 is 5.32 Å². The van der Waals surface area contributed by atoms with Gasteiger partial charge in [0.05, 0.1) is 11.4 Å². The molecule has 3 unspecified atom stereocenters. The first-order valence-electron chi connectivity index (χ1n) is 7.80. The number of aryl methyl sites for hydroxylation is 2. The van der Waals surface area contributed by atoms with Crippen LogP contribution in [-0.2, 0) is 13.5 Å². The van der Waals surface area contributed by atoms with Crippen molar-refractivity contribution in [2.45, 2.75) is 59.4 Å². The van der Waals surface area contributed by atoms with Crippen molar-refractivity contribution in [2.75, 3.05) is 5.32 Å². The number of anilines is 1. The van der Waals surface area contributed by atoms with E-state index >= 15 is 0 Å². The van der Waals surface area contributed by atoms with Gasteiger partial charge in [0.25, 0.3) is 0 Å². The molecule has 0 bridgehead atoms. The van der Waals surface area contributed by atoms with E-state index in [1.54, 1.807) is 0 Å². The van der Waals surface area contributed by atoms with Gasteiger partial charge in [-0.2, -0.15) is 5.10 Å². The summed E-state index contributed by atoms with van der Waals surface area (Å²) in [7, 11) is 2.01. The smallest absolute Gasteiger partial charge is 0.0853 e. The van der Waals surface area contributed by atoms with Crippen molar-refractivity contribution >= 4 is 5.69 Å². The first-order valence-corrected chi connectivity index (χ1v) is 7.80. The van der Waals surface area contributed by atoms with Crippen LogP contribution in [0.25, 0.3) is 0 Å². The number of rotatable bonds is 4. The average molecular weight is 263 g/mol. The van der Waals surface area contributed by atoms with Crippen LogP contribution in [0.3, 0.4) is 0 Å². The zero-order valence-electron chi connectivity index (χ0n) is 13.1. The molecule has 108 valence electrons. The highest BCUT2D eigenvalue weighted by atomic mass is 15.3. The fraction of sp³-hybridized carbons (Fsp3) is 0.812. The number of nitrogens with one attached hydrogen (secondary N) is 1. The molecule has 0 spiro atoms. The van der Waals surface area contributed by atoms with Gasteiger partial charge in [-0.1, -0.05) is 34.1 Å². The second-order valence-electron chi connectivity index (χ2n) is 6.59. The summed E-state index contributed by atoms with van der Waals surface area (Å²) in [6.07, 6.45) is 7.17. The zero-order valence-corrected chi connectivity index (χ0v) is 13.1. The summed E-state index contributed by atoms with van der Waals surface area (Å²) in [5.74, 6) is 2.39. The first-order chi connectivity index (χ1) is 9.01. The number of nitrogens with zero attached hydrogens (tertiary/aromatic N) is 2. The maximum Gasteiger partial charge on any atom is 0.0853 e. The van der Waals surface area contributed by atoms with Crippen molar-refractivity contribution in [1.82, 2.24) is 9.78 Å². The van der Waals surface area contributed by atoms with Crippen LogP contribution < -0.4 is 5.32 Å². The minimum Gasteiger partial charge on any atom is -0.379 e. The van der Waals surface area contributed by atoms with Gasteiger partial charge in [0.15, 0.2) is 0 Å². The third-order valence-corrected chi connectivity index (χ3v) is 4.60. The Bertz CT molecular complexity index is 408. The standard InChI is InChI=1S/C16H29N3/c1-6-14-16(10-19(5)18-14)17-15-9-12(4)7-8-13(15)11(2)3/h10-13,15,17H,6-9H2,1-5H3. The van der Waals surface area contributed by atoms with E-state index in [0.717, 1.165) is 24.2 Å². The van der Waals surface area contributed by atoms with Crippen LogP contribution in [0.4, 0.5) is 5.69 Å². The zero-order chi connectivity index (χ0) is 14.0. The van der Waals surface area contributed by atoms with Crippen LogP contribution >= 0.6 is 0 Å². The van der Waals surface area contributed by atoms with Crippen LogP contribution in [-0.4, -0.2) is 15.8 Å². The first kappa shape index (κ1) is 14.4. The molecule has 0 amide bonds. The normalized spacial score (nSPS) is 27.8. The Morgan fingerprint density at radius 1 is 1.42 bits per heavy atom. The van der Waals surface area contributed by atoms with Gasteiger partial charge in [0, 0.05) is 19.3 Å². The molecule has 3 heteroatoms. The molecule has 1 N–H and O–H groups in total. The number of hydrogen-bond donors (Lipinski definition) is 1. The van der Waals surface area contributed by atoms with Crippen LogP contribution in [0.5, 0.6) is 0 Å². The molecule has 3 atom stereocenters. The summed E-state index contributed by atoms with van der Waals surface area (Å²) in [5, 5.41) is 8.34. The van der Waals surface area contributed by atoms with Gasteiger partial charge in [-0.25, -0.2) is 0 Å². The van der Waals surface area contributed by atoms with Crippen molar-refractivity contribution in [3.05, 3.63) is 11.9 Å². The molecule has 0 saturated heterocycles. The van der Waals surface area contributed by atoms with Crippen molar-refractivity contribution in [3.63, 3.8) is 0 Å². The molecule has 1 aromatic heterocycles. The fourth-order valence-corrected chi connectivity index (χ4v) is 3.48. The highest BCUT2D eigenvalue weighted by Gasteiger charge is 2.31. The number of hydrogen-bond acceptors (Lipinski definition) is 2. The molecule has 0 aromatic carbocycles. The lowest BCUT2D eigenvalue weighted by atomic mass is 9.74. The molecular weight excluding hydrogens is 234 g/mol. The molecule has 1 aliphatic rings. The topological polar surface area (TPSA) is 29.9 Å². The molecule has 1 fully saturated rings. The summed E-state index contributed by atoms with van der Waals surface area (Å²) in [5.41, 5.74) is 2.44. The third-order valence-electron chi connectivity index (χ3n) is 4.60. The lowest BCUT2D eigenvalue weighted by Crippen LogP contribution is -2.37. The van der Waals surface area contributed by atoms with Gasteiger partial charge >= 0.3 is 0 Å². The Hall–Kier alpha value is -0.990. The molecule has 3 nitrogen and oxygen atoms in total. The van der Waals surface area contributed by atoms with E-state index in [9.17, 15) is 0 Å². The fourth-order valence-electron chi connectivity index (χ4n) is 3.48. The highest BCUT2D eigenvalue weighted by molar-refractivity contribution is 5.47. The predicted octanol–water partition coefficient (Wildman–Crippen LogP) is 3.86. The Kier molecular flexibility index (Phi) is 4.54. The van der Waals surface area contributed by atoms with E-state index in [1.165, 1.54) is 30.6 Å². The average Bonchev–Trinajstić information content (AvgIpc) is 2.69. The summed E-state index contributed by atoms with van der Waals surface area (Å²) < 4.78 is 1.93. The maximum atomic E-state index is 4.54. The van der Waals surface area contributed by atoms with Gasteiger partial charge in [0.1, 0.15) is 0 Å². The summed E-state index contributed by atoms with van der Waals surface area (Å²) in [6, 6.07) is 0.609. The molecule has 1 aliphatic carbocycles. The van der Waals surface area contributed by atoms with Crippen LogP contribution in [0, 0.1) is 17.8 Å². The summed E-state index contributed by atoms with van der Waals surface area (Å²) >= 11 is 0. The van der Waals surface area contributed by atoms with E-state index in [1.807, 2.05) is 11.7 Å². The minimum absolute atomic E-state index is 0.609. The SMILES string of the molecule is CCc1nn(C)cc1NC1CC(C)CCC1C(C)C. The van der Waals surface area contributed by atoms with Crippen molar-refractivity contribution in [1.29, 1.82) is 0 Å². The van der Waals surface area contributed by atoms with Crippen molar-refractivity contribution in [2.24, 2.45) is 24.8 Å². The molecule has 19 heavy (non-hydrogen) atoms. The highest BCUT2D eigenvalue weighted by Crippen LogP contribution is 2.35. The van der Waals surface area contributed by atoms with E-state index in [0.29, 0.717) is 6.04 Å². The molecule has 1 heterocycles. The van der Waals surface area contributed by atoms with Gasteiger partial charge in [0.2, 0.25) is 0 Å². The van der Waals surface area contributed by atoms with Crippen molar-refractivity contribution in [3.8, 4) is 0 Å². The molecule has 1 aromatic rings. The Morgan fingerprint density at radius 3 is 2.79 bits per heavy atom. The van der Waals surface area contributed by atoms with Crippen molar-refractivity contribution < 1.29 is 0 Å². The van der Waals surface area contributed by atoms with E-state index in [4.69, 9.17) is 0 Å². The lowest BCUT2D eigenvalue weighted by molar-refractivity contribution is 0.212. The molecule has 0 radical (unpaired) electrons. The molecule has 0 aliphatic heterocycles. The lowest BCUT2D eigenvalue weighted by Gasteiger charge is -2.38. The van der Waals surface area contributed by atoms with Gasteiger partial charge in [-0.05, 0) is 37.0 Å². The van der Waals surface area contributed by atoms with E-state index in [-0.39, 0.29) is 0 Å². The molecular formula is C16H29N3. The van der Waals surface area contributed by atoms with Crippen LogP contribution in [0.2, 0.25) is 0 Å². The molecule has 1 saturated carbocycles. The largest absolute Gasteiger partial charge is 0.379 e. The Labute approximate surface area is 117 Å². The predicted molar refractivity (Wildman–Crippen MR) is 81.3 cm³/mol. The van der Waals surface area contributed by atoms with E-state index < -0.39 is 0 Å². The van der Waals surface area contributed by atoms with Gasteiger partial charge in [-0.3, -0.25) is 4.68 Å². The van der Waals surface area contributed by atoms with Crippen LogP contribution in [0.1, 0.15) is 52.7 Å². The third kappa shape index (κ3) is 3.31. The molecule has 2 rings (SSSR count). The summed E-state index contributed by atoms with van der Waals surface area (Å²) in [4.78, 5) is 0. The van der Waals surface area contributed by atoms with Crippen LogP contribution in [0.15, 0.2) is 6.20 Å². The summed E-state index contributed by atoms with van der Waals surface area (Å²) in [6.45, 7) is 9.28. The van der Waals surface area contributed by atoms with E-state index in [2.05, 4.69) is 44.3 Å². The maximum absolute atomic E-state index is 4.54. The number of aromatic nitrogens is 2.